The molecule has 0 amide bonds. The summed E-state index contributed by atoms with van der Waals surface area (Å²) in [5.41, 5.74) is 10.7. The number of benzene rings is 2. The van der Waals surface area contributed by atoms with Crippen molar-refractivity contribution < 1.29 is 9.47 Å². The number of rotatable bonds is 7. The van der Waals surface area contributed by atoms with Crippen LogP contribution in [0.4, 0.5) is 0 Å². The zero-order chi connectivity index (χ0) is 20.3. The van der Waals surface area contributed by atoms with E-state index in [9.17, 15) is 0 Å². The van der Waals surface area contributed by atoms with Crippen LogP contribution in [0.5, 0.6) is 11.5 Å². The minimum Gasteiger partial charge on any atom is -0.496 e. The summed E-state index contributed by atoms with van der Waals surface area (Å²) >= 11 is 2.53. The Morgan fingerprint density at radius 1 is 0.741 bits per heavy atom. The van der Waals surface area contributed by atoms with Gasteiger partial charge in [0.05, 0.1) is 14.2 Å². The summed E-state index contributed by atoms with van der Waals surface area (Å²) < 4.78 is 12.5. The van der Waals surface area contributed by atoms with Crippen molar-refractivity contribution in [3.8, 4) is 11.5 Å². The van der Waals surface area contributed by atoms with Crippen molar-refractivity contribution in [3.05, 3.63) is 56.6 Å². The average molecular weight is 480 g/mol. The van der Waals surface area contributed by atoms with Crippen LogP contribution in [0.1, 0.15) is 64.3 Å². The third-order valence-electron chi connectivity index (χ3n) is 5.99. The van der Waals surface area contributed by atoms with Gasteiger partial charge in [-0.25, -0.2) is 0 Å². The Kier molecular flexibility index (Phi) is 7.61. The van der Waals surface area contributed by atoms with Gasteiger partial charge in [0.25, 0.3) is 0 Å². The van der Waals surface area contributed by atoms with Gasteiger partial charge in [-0.15, -0.1) is 0 Å². The van der Waals surface area contributed by atoms with Gasteiger partial charge in [0.2, 0.25) is 0 Å². The van der Waals surface area contributed by atoms with Crippen LogP contribution in [0.2, 0.25) is 0 Å². The number of halogens is 1. The lowest BCUT2D eigenvalue weighted by atomic mass is 9.82. The van der Waals surface area contributed by atoms with Gasteiger partial charge in [0.15, 0.2) is 0 Å². The molecule has 0 radical (unpaired) electrons. The molecule has 0 N–H and O–H groups in total. The normalized spacial score (nSPS) is 11.2. The number of ether oxygens (including phenoxy) is 2. The van der Waals surface area contributed by atoms with Crippen molar-refractivity contribution in [2.45, 2.75) is 60.3 Å². The number of alkyl halides is 1. The molecule has 0 spiro atoms. The van der Waals surface area contributed by atoms with Gasteiger partial charge >= 0.3 is 0 Å². The Morgan fingerprint density at radius 3 is 1.37 bits per heavy atom. The first-order chi connectivity index (χ1) is 12.9. The summed E-state index contributed by atoms with van der Waals surface area (Å²) in [6, 6.07) is 4.74. The molecule has 0 bridgehead atoms. The maximum Gasteiger partial charge on any atom is 0.125 e. The van der Waals surface area contributed by atoms with Crippen LogP contribution >= 0.6 is 22.6 Å². The fourth-order valence-corrected chi connectivity index (χ4v) is 5.08. The molecule has 2 nitrogen and oxygen atoms in total. The lowest BCUT2D eigenvalue weighted by molar-refractivity contribution is 0.406. The van der Waals surface area contributed by atoms with Crippen LogP contribution in [-0.4, -0.2) is 18.6 Å². The molecule has 0 saturated heterocycles. The van der Waals surface area contributed by atoms with Gasteiger partial charge < -0.3 is 9.47 Å². The summed E-state index contributed by atoms with van der Waals surface area (Å²) in [4.78, 5) is 0. The Hall–Kier alpha value is -1.23. The number of hydrogen-bond donors (Lipinski definition) is 0. The minimum atomic E-state index is 0.371. The van der Waals surface area contributed by atoms with E-state index in [1.54, 1.807) is 14.2 Å². The SMILES string of the molecule is CCc1cc(C(CI)c2cc(CC)c(OC)c(C)c2C)c(C)c(C)c1OC. The van der Waals surface area contributed by atoms with Crippen molar-refractivity contribution in [1.82, 2.24) is 0 Å². The lowest BCUT2D eigenvalue weighted by Crippen LogP contribution is -2.11. The molecular weight excluding hydrogens is 447 g/mol. The standard InChI is InChI=1S/C24H33IO2/c1-9-18-11-20(14(3)16(5)23(18)26-7)22(13-25)21-12-19(10-2)24(27-8)17(6)15(21)4/h11-12,22H,9-10,13H2,1-8H3. The molecule has 0 saturated carbocycles. The monoisotopic (exact) mass is 480 g/mol. The van der Waals surface area contributed by atoms with E-state index >= 15 is 0 Å². The Labute approximate surface area is 178 Å². The second kappa shape index (κ2) is 9.31. The molecule has 2 aromatic rings. The molecule has 148 valence electrons. The van der Waals surface area contributed by atoms with Crippen LogP contribution < -0.4 is 9.47 Å². The quantitative estimate of drug-likeness (QED) is 0.327. The maximum atomic E-state index is 5.71. The van der Waals surface area contributed by atoms with E-state index < -0.39 is 0 Å². The molecule has 0 aliphatic heterocycles. The van der Waals surface area contributed by atoms with E-state index in [4.69, 9.17) is 9.47 Å². The van der Waals surface area contributed by atoms with Gasteiger partial charge in [-0.05, 0) is 85.0 Å². The smallest absolute Gasteiger partial charge is 0.125 e. The predicted octanol–water partition coefficient (Wildman–Crippen LogP) is 6.63. The van der Waals surface area contributed by atoms with E-state index in [-0.39, 0.29) is 0 Å². The molecule has 0 fully saturated rings. The second-order valence-electron chi connectivity index (χ2n) is 7.23. The second-order valence-corrected chi connectivity index (χ2v) is 8.11. The molecular formula is C24H33IO2. The van der Waals surface area contributed by atoms with E-state index in [2.05, 4.69) is 76.3 Å². The summed E-state index contributed by atoms with van der Waals surface area (Å²) in [7, 11) is 3.56. The molecule has 2 aromatic carbocycles. The minimum absolute atomic E-state index is 0.371. The third-order valence-corrected chi connectivity index (χ3v) is 6.87. The van der Waals surface area contributed by atoms with Crippen molar-refractivity contribution in [3.63, 3.8) is 0 Å². The predicted molar refractivity (Wildman–Crippen MR) is 124 cm³/mol. The highest BCUT2D eigenvalue weighted by Gasteiger charge is 2.24. The van der Waals surface area contributed by atoms with Crippen molar-refractivity contribution in [1.29, 1.82) is 0 Å². The first kappa shape index (κ1) is 22.1. The van der Waals surface area contributed by atoms with Crippen molar-refractivity contribution in [2.24, 2.45) is 0 Å². The summed E-state index contributed by atoms with van der Waals surface area (Å²) in [6.45, 7) is 13.2. The summed E-state index contributed by atoms with van der Waals surface area (Å²) in [5, 5.41) is 0. The molecule has 0 heterocycles. The first-order valence-electron chi connectivity index (χ1n) is 9.75. The average Bonchev–Trinajstić information content (AvgIpc) is 2.68. The molecule has 0 aliphatic carbocycles. The highest BCUT2D eigenvalue weighted by atomic mass is 127. The fraction of sp³-hybridized carbons (Fsp3) is 0.500. The Morgan fingerprint density at radius 2 is 1.11 bits per heavy atom. The van der Waals surface area contributed by atoms with E-state index in [1.807, 2.05) is 0 Å². The summed E-state index contributed by atoms with van der Waals surface area (Å²) in [5.74, 6) is 2.46. The first-order valence-corrected chi connectivity index (χ1v) is 11.3. The Bertz CT molecular complexity index is 757. The third kappa shape index (κ3) is 3.98. The van der Waals surface area contributed by atoms with Gasteiger partial charge in [-0.3, -0.25) is 0 Å². The molecule has 0 atom stereocenters. The highest BCUT2D eigenvalue weighted by Crippen LogP contribution is 2.40. The zero-order valence-electron chi connectivity index (χ0n) is 18.0. The molecule has 3 heteroatoms. The van der Waals surface area contributed by atoms with Crippen LogP contribution in [0.15, 0.2) is 12.1 Å². The fourth-order valence-electron chi connectivity index (χ4n) is 4.13. The number of hydrogen-bond acceptors (Lipinski definition) is 2. The van der Waals surface area contributed by atoms with Gasteiger partial charge in [-0.2, -0.15) is 0 Å². The van der Waals surface area contributed by atoms with Gasteiger partial charge in [-0.1, -0.05) is 48.6 Å². The van der Waals surface area contributed by atoms with E-state index in [0.29, 0.717) is 5.92 Å². The van der Waals surface area contributed by atoms with Crippen LogP contribution in [0.25, 0.3) is 0 Å². The highest BCUT2D eigenvalue weighted by molar-refractivity contribution is 14.1. The summed E-state index contributed by atoms with van der Waals surface area (Å²) in [6.07, 6.45) is 1.96. The maximum absolute atomic E-state index is 5.71. The van der Waals surface area contributed by atoms with Crippen LogP contribution in [0, 0.1) is 27.7 Å². The zero-order valence-corrected chi connectivity index (χ0v) is 20.2. The molecule has 27 heavy (non-hydrogen) atoms. The molecule has 0 aliphatic rings. The van der Waals surface area contributed by atoms with Crippen molar-refractivity contribution >= 4 is 22.6 Å². The topological polar surface area (TPSA) is 18.5 Å². The lowest BCUT2D eigenvalue weighted by Gasteiger charge is -2.26. The Balaban J connectivity index is 2.75. The van der Waals surface area contributed by atoms with Crippen LogP contribution in [0.3, 0.4) is 0 Å². The van der Waals surface area contributed by atoms with E-state index in [0.717, 1.165) is 28.8 Å². The molecule has 0 aromatic heterocycles. The van der Waals surface area contributed by atoms with Gasteiger partial charge in [0, 0.05) is 10.3 Å². The molecule has 0 unspecified atom stereocenters. The van der Waals surface area contributed by atoms with E-state index in [1.165, 1.54) is 44.5 Å². The van der Waals surface area contributed by atoms with Crippen LogP contribution in [-0.2, 0) is 12.8 Å². The number of methoxy groups -OCH3 is 2. The van der Waals surface area contributed by atoms with Gasteiger partial charge in [0.1, 0.15) is 11.5 Å². The van der Waals surface area contributed by atoms with Crippen molar-refractivity contribution in [2.75, 3.05) is 18.6 Å². The largest absolute Gasteiger partial charge is 0.496 e. The molecule has 2 rings (SSSR count). The number of aryl methyl sites for hydroxylation is 2.